The standard InChI is InChI=1S/C47H45ClF10N9O10PS2/c1-44(2,79(4,73)74)13-12-27-8-9-28(37(60-27)33(17-23-15-25(49)18-26(50)16-23)61-34(68)20-65-40-35(39(62-65)47(56,57)58)30-19-31(30)46(40,54)55)29-10-11-32(48)36-38(29)66(22-45(51,52)53)63-42(36)67(80(5,75)76)43(69)64(3)41-24(7-6-14-59-41)21-77-78(70,71)72/h6-11,14-16,18,30-31,33H,12-13,17,19-22H2,1-5H3,(H,61,68)(H2,70,71,72)/t30-,31?,33-/m0/s1. The molecule has 4 aromatic heterocycles. The molecule has 2 aliphatic rings. The summed E-state index contributed by atoms with van der Waals surface area (Å²) in [5, 5.41) is 8.61. The first-order chi connectivity index (χ1) is 36.8. The molecular weight excluding hydrogens is 1170 g/mol. The predicted molar refractivity (Wildman–Crippen MR) is 266 cm³/mol. The van der Waals surface area contributed by atoms with Crippen molar-refractivity contribution in [2.45, 2.75) is 94.2 Å². The van der Waals surface area contributed by atoms with E-state index in [2.05, 4.69) is 25.0 Å². The zero-order valence-corrected chi connectivity index (χ0v) is 45.4. The maximum absolute atomic E-state index is 15.7. The number of pyridine rings is 2. The van der Waals surface area contributed by atoms with Gasteiger partial charge in [-0.05, 0) is 81.3 Å². The van der Waals surface area contributed by atoms with Gasteiger partial charge in [-0.15, -0.1) is 0 Å². The largest absolute Gasteiger partial charge is 0.469 e. The molecule has 3 N–H and O–H groups in total. The molecule has 1 saturated carbocycles. The number of hydrogen-bond donors (Lipinski definition) is 3. The number of sulfonamides is 1. The number of rotatable bonds is 18. The van der Waals surface area contributed by atoms with Gasteiger partial charge in [-0.25, -0.2) is 40.0 Å². The van der Waals surface area contributed by atoms with E-state index in [1.165, 1.54) is 38.1 Å². The number of amides is 3. The van der Waals surface area contributed by atoms with E-state index >= 15 is 8.78 Å². The number of aromatic nitrogens is 6. The van der Waals surface area contributed by atoms with Crippen LogP contribution in [0.15, 0.2) is 60.8 Å². The van der Waals surface area contributed by atoms with E-state index in [-0.39, 0.29) is 55.3 Å². The number of alkyl halides is 8. The van der Waals surface area contributed by atoms with Gasteiger partial charge in [-0.1, -0.05) is 29.8 Å². The molecule has 6 aromatic rings. The van der Waals surface area contributed by atoms with Crippen molar-refractivity contribution in [3.63, 3.8) is 0 Å². The number of anilines is 2. The van der Waals surface area contributed by atoms with Crippen LogP contribution in [0.4, 0.5) is 60.3 Å². The summed E-state index contributed by atoms with van der Waals surface area (Å²) < 4.78 is 217. The summed E-state index contributed by atoms with van der Waals surface area (Å²) in [7, 11) is -13.0. The summed E-state index contributed by atoms with van der Waals surface area (Å²) in [6.45, 7) is -1.49. The topological polar surface area (TPSA) is 249 Å². The van der Waals surface area contributed by atoms with Crippen molar-refractivity contribution in [1.82, 2.24) is 34.8 Å². The van der Waals surface area contributed by atoms with E-state index in [4.69, 9.17) is 16.6 Å². The van der Waals surface area contributed by atoms with Gasteiger partial charge in [0.15, 0.2) is 21.3 Å². The number of phosphoric acid groups is 1. The molecule has 33 heteroatoms. The van der Waals surface area contributed by atoms with Crippen LogP contribution in [0.1, 0.15) is 78.1 Å². The molecule has 2 aromatic carbocycles. The molecule has 80 heavy (non-hydrogen) atoms. The summed E-state index contributed by atoms with van der Waals surface area (Å²) in [6.07, 6.45) is -9.28. The fraction of sp³-hybridized carbons (Fsp3) is 0.404. The van der Waals surface area contributed by atoms with E-state index in [1.54, 1.807) is 0 Å². The molecule has 2 aliphatic carbocycles. The van der Waals surface area contributed by atoms with Crippen LogP contribution in [-0.2, 0) is 78.4 Å². The van der Waals surface area contributed by atoms with Crippen molar-refractivity contribution in [1.29, 1.82) is 0 Å². The second-order valence-electron chi connectivity index (χ2n) is 19.7. The lowest BCUT2D eigenvalue weighted by molar-refractivity contribution is -0.143. The molecule has 4 heterocycles. The summed E-state index contributed by atoms with van der Waals surface area (Å²) in [5.41, 5.74) is -5.87. The first-order valence-corrected chi connectivity index (χ1v) is 29.1. The molecule has 3 atom stereocenters. The third-order valence-electron chi connectivity index (χ3n) is 13.5. The van der Waals surface area contributed by atoms with Crippen LogP contribution in [-0.4, -0.2) is 98.6 Å². The van der Waals surface area contributed by atoms with Crippen LogP contribution in [0.25, 0.3) is 22.0 Å². The van der Waals surface area contributed by atoms with Crippen LogP contribution in [0, 0.1) is 17.6 Å². The smallest absolute Gasteiger partial charge is 0.346 e. The van der Waals surface area contributed by atoms with Crippen molar-refractivity contribution in [3.05, 3.63) is 117 Å². The van der Waals surface area contributed by atoms with Gasteiger partial charge in [0.25, 0.3) is 5.92 Å². The Kier molecular flexibility index (Phi) is 15.7. The maximum atomic E-state index is 15.7. The van der Waals surface area contributed by atoms with Crippen molar-refractivity contribution < 1.29 is 89.2 Å². The molecular formula is C47H45ClF10N9O10PS2. The van der Waals surface area contributed by atoms with Gasteiger partial charge in [0.1, 0.15) is 36.2 Å². The Morgan fingerprint density at radius 1 is 0.950 bits per heavy atom. The number of fused-ring (bicyclic) bond motifs is 4. The van der Waals surface area contributed by atoms with Gasteiger partial charge < -0.3 is 15.1 Å². The molecule has 8 rings (SSSR count). The highest BCUT2D eigenvalue weighted by Gasteiger charge is 2.68. The summed E-state index contributed by atoms with van der Waals surface area (Å²) >= 11 is 6.74. The average molecular weight is 1220 g/mol. The third-order valence-corrected chi connectivity index (χ3v) is 17.5. The number of benzene rings is 2. The summed E-state index contributed by atoms with van der Waals surface area (Å²) in [6, 6.07) is 5.78. The Morgan fingerprint density at radius 3 is 2.20 bits per heavy atom. The Hall–Kier alpha value is -6.24. The fourth-order valence-electron chi connectivity index (χ4n) is 9.43. The summed E-state index contributed by atoms with van der Waals surface area (Å²) in [4.78, 5) is 56.8. The lowest BCUT2D eigenvalue weighted by Crippen LogP contribution is -2.45. The molecule has 3 amide bonds. The monoisotopic (exact) mass is 1220 g/mol. The van der Waals surface area contributed by atoms with Crippen molar-refractivity contribution in [2.75, 3.05) is 28.8 Å². The van der Waals surface area contributed by atoms with Crippen molar-refractivity contribution >= 4 is 73.8 Å². The van der Waals surface area contributed by atoms with Crippen LogP contribution in [0.5, 0.6) is 0 Å². The number of nitrogens with one attached hydrogen (secondary N) is 1. The van der Waals surface area contributed by atoms with Gasteiger partial charge in [0, 0.05) is 59.4 Å². The lowest BCUT2D eigenvalue weighted by atomic mass is 9.93. The Bertz CT molecular complexity index is 3740. The van der Waals surface area contributed by atoms with E-state index in [0.29, 0.717) is 17.2 Å². The molecule has 0 bridgehead atoms. The maximum Gasteiger partial charge on any atom is 0.469 e. The third kappa shape index (κ3) is 12.3. The van der Waals surface area contributed by atoms with E-state index in [0.717, 1.165) is 43.8 Å². The predicted octanol–water partition coefficient (Wildman–Crippen LogP) is 8.90. The van der Waals surface area contributed by atoms with Gasteiger partial charge in [-0.2, -0.15) is 49.6 Å². The zero-order chi connectivity index (χ0) is 59.2. The molecule has 1 unspecified atom stereocenters. The summed E-state index contributed by atoms with van der Waals surface area (Å²) in [5.74, 6) is -11.8. The van der Waals surface area contributed by atoms with Crippen LogP contribution in [0.2, 0.25) is 5.02 Å². The minimum Gasteiger partial charge on any atom is -0.346 e. The molecule has 0 aliphatic heterocycles. The highest BCUT2D eigenvalue weighted by molar-refractivity contribution is 7.93. The first kappa shape index (κ1) is 59.9. The van der Waals surface area contributed by atoms with E-state index in [9.17, 15) is 75.9 Å². The molecule has 0 radical (unpaired) electrons. The van der Waals surface area contributed by atoms with Gasteiger partial charge >= 0.3 is 26.2 Å². The number of carbonyl (C=O) groups excluding carboxylic acids is 2. The van der Waals surface area contributed by atoms with E-state index in [1.807, 2.05) is 0 Å². The Balaban J connectivity index is 1.34. The molecule has 0 spiro atoms. The molecule has 19 nitrogen and oxygen atoms in total. The van der Waals surface area contributed by atoms with Gasteiger partial charge in [-0.3, -0.25) is 28.6 Å². The van der Waals surface area contributed by atoms with Gasteiger partial charge in [0.05, 0.1) is 45.3 Å². The Morgan fingerprint density at radius 2 is 1.60 bits per heavy atom. The van der Waals surface area contributed by atoms with E-state index < -0.39 is 174 Å². The number of phosphoric ester groups is 1. The molecule has 1 fully saturated rings. The average Bonchev–Trinajstić information content (AvgIpc) is 3.85. The number of halogens is 11. The Labute approximate surface area is 453 Å². The highest BCUT2D eigenvalue weighted by Crippen LogP contribution is 2.68. The zero-order valence-electron chi connectivity index (χ0n) is 42.1. The highest BCUT2D eigenvalue weighted by atomic mass is 35.5. The molecule has 432 valence electrons. The number of aryl methyl sites for hydroxylation is 1. The second-order valence-corrected chi connectivity index (χ2v) is 25.9. The minimum atomic E-state index is -5.24. The van der Waals surface area contributed by atoms with Gasteiger partial charge in [0.2, 0.25) is 15.9 Å². The minimum absolute atomic E-state index is 0.00962. The van der Waals surface area contributed by atoms with Crippen molar-refractivity contribution in [3.8, 4) is 11.1 Å². The molecule has 0 saturated heterocycles. The second kappa shape index (κ2) is 20.9. The normalized spacial score (nSPS) is 16.8. The lowest BCUT2D eigenvalue weighted by Gasteiger charge is -2.26. The number of nitrogens with zero attached hydrogens (tertiary/aromatic N) is 8. The van der Waals surface area contributed by atoms with Crippen molar-refractivity contribution in [2.24, 2.45) is 5.92 Å². The number of sulfone groups is 1. The fourth-order valence-corrected chi connectivity index (χ4v) is 11.3. The van der Waals surface area contributed by atoms with Crippen LogP contribution >= 0.6 is 19.4 Å². The number of urea groups is 1. The number of hydrogen-bond acceptors (Lipinski definition) is 12. The van der Waals surface area contributed by atoms with Crippen LogP contribution in [0.3, 0.4) is 0 Å². The number of carbonyl (C=O) groups is 2. The SMILES string of the molecule is CN(C(=O)N(c1nn(CC(F)(F)F)c2c(-c3ccc(CCC(C)(C)S(C)(=O)=O)nc3[C@H](Cc3cc(F)cc(F)c3)NC(=O)Cn3nc(C(F)(F)F)c4c3C(F)(F)C3C[C@H]43)ccc(Cl)c12)S(C)(=O)=O)c1ncccc1COP(=O)(O)O. The van der Waals surface area contributed by atoms with Crippen LogP contribution < -0.4 is 14.5 Å². The first-order valence-electron chi connectivity index (χ1n) is 23.5. The quantitative estimate of drug-likeness (QED) is 0.0537.